The Hall–Kier alpha value is -0.650. The van der Waals surface area contributed by atoms with Gasteiger partial charge in [0, 0.05) is 19.1 Å². The number of morpholine rings is 1. The van der Waals surface area contributed by atoms with Crippen LogP contribution in [0.4, 0.5) is 0 Å². The van der Waals surface area contributed by atoms with E-state index in [1.165, 1.54) is 0 Å². The van der Waals surface area contributed by atoms with Gasteiger partial charge in [-0.3, -0.25) is 4.79 Å². The Morgan fingerprint density at radius 3 is 2.94 bits per heavy atom. The van der Waals surface area contributed by atoms with E-state index in [0.717, 1.165) is 13.1 Å². The molecule has 2 aliphatic heterocycles. The fourth-order valence-corrected chi connectivity index (χ4v) is 2.22. The summed E-state index contributed by atoms with van der Waals surface area (Å²) >= 11 is 0. The maximum Gasteiger partial charge on any atom is 0.248 e. The lowest BCUT2D eigenvalue weighted by Gasteiger charge is -2.39. The van der Waals surface area contributed by atoms with Gasteiger partial charge in [0.2, 0.25) is 5.91 Å². The molecule has 1 amide bonds. The molecule has 2 fully saturated rings. The molecule has 1 unspecified atom stereocenters. The summed E-state index contributed by atoms with van der Waals surface area (Å²) in [6.45, 7) is 7.64. The van der Waals surface area contributed by atoms with Crippen molar-refractivity contribution in [3.05, 3.63) is 0 Å². The summed E-state index contributed by atoms with van der Waals surface area (Å²) in [4.78, 5) is 13.7. The Bertz CT molecular complexity index is 262. The van der Waals surface area contributed by atoms with Crippen LogP contribution in [0.5, 0.6) is 0 Å². The van der Waals surface area contributed by atoms with E-state index in [2.05, 4.69) is 5.32 Å². The minimum absolute atomic E-state index is 0.0565. The fourth-order valence-electron chi connectivity index (χ4n) is 2.22. The van der Waals surface area contributed by atoms with Crippen LogP contribution < -0.4 is 5.32 Å². The molecule has 0 aromatic carbocycles. The third kappa shape index (κ3) is 2.36. The lowest BCUT2D eigenvalue weighted by molar-refractivity contribution is -0.136. The van der Waals surface area contributed by atoms with Crippen molar-refractivity contribution in [1.82, 2.24) is 10.2 Å². The van der Waals surface area contributed by atoms with Crippen LogP contribution in [0.3, 0.4) is 0 Å². The number of hydrogen-bond acceptors (Lipinski definition) is 4. The minimum atomic E-state index is -0.353. The topological polar surface area (TPSA) is 50.8 Å². The number of rotatable bonds is 1. The van der Waals surface area contributed by atoms with Gasteiger partial charge in [-0.2, -0.15) is 0 Å². The first-order chi connectivity index (χ1) is 7.63. The highest BCUT2D eigenvalue weighted by Crippen LogP contribution is 2.20. The maximum atomic E-state index is 11.8. The summed E-state index contributed by atoms with van der Waals surface area (Å²) in [7, 11) is 0. The zero-order valence-corrected chi connectivity index (χ0v) is 9.99. The van der Waals surface area contributed by atoms with Crippen LogP contribution in [0.25, 0.3) is 0 Å². The molecule has 0 saturated carbocycles. The van der Waals surface area contributed by atoms with Crippen molar-refractivity contribution in [2.75, 3.05) is 39.5 Å². The van der Waals surface area contributed by atoms with Gasteiger partial charge >= 0.3 is 0 Å². The molecule has 0 aromatic rings. The van der Waals surface area contributed by atoms with E-state index in [0.29, 0.717) is 19.8 Å². The molecular weight excluding hydrogens is 208 g/mol. The number of carbonyl (C=O) groups excluding carboxylic acids is 1. The summed E-state index contributed by atoms with van der Waals surface area (Å²) in [5, 5.41) is 3.30. The van der Waals surface area contributed by atoms with Gasteiger partial charge in [0.1, 0.15) is 12.2 Å². The van der Waals surface area contributed by atoms with Gasteiger partial charge in [-0.05, 0) is 13.8 Å². The van der Waals surface area contributed by atoms with Crippen LogP contribution in [0.1, 0.15) is 13.8 Å². The molecule has 1 atom stereocenters. The summed E-state index contributed by atoms with van der Waals surface area (Å²) in [5.74, 6) is 0.0565. The first-order valence-electron chi connectivity index (χ1n) is 5.85. The van der Waals surface area contributed by atoms with Crippen molar-refractivity contribution in [3.63, 3.8) is 0 Å². The molecular formula is C11H20N2O3. The molecule has 2 heterocycles. The van der Waals surface area contributed by atoms with E-state index < -0.39 is 0 Å². The summed E-state index contributed by atoms with van der Waals surface area (Å²) < 4.78 is 11.3. The second kappa shape index (κ2) is 4.69. The highest BCUT2D eigenvalue weighted by molar-refractivity contribution is 5.78. The van der Waals surface area contributed by atoms with Gasteiger partial charge in [-0.1, -0.05) is 0 Å². The van der Waals surface area contributed by atoms with Gasteiger partial charge in [0.25, 0.3) is 0 Å². The molecule has 92 valence electrons. The minimum Gasteiger partial charge on any atom is -0.369 e. The maximum absolute atomic E-state index is 11.8. The number of carbonyl (C=O) groups is 1. The highest BCUT2D eigenvalue weighted by atomic mass is 16.5. The summed E-state index contributed by atoms with van der Waals surface area (Å²) in [5.41, 5.74) is -0.353. The van der Waals surface area contributed by atoms with Gasteiger partial charge in [-0.25, -0.2) is 0 Å². The van der Waals surface area contributed by atoms with Gasteiger partial charge < -0.3 is 19.7 Å². The molecule has 0 bridgehead atoms. The molecule has 0 radical (unpaired) electrons. The highest BCUT2D eigenvalue weighted by Gasteiger charge is 2.40. The van der Waals surface area contributed by atoms with Crippen LogP contribution in [-0.2, 0) is 14.3 Å². The fraction of sp³-hybridized carbons (Fsp3) is 0.909. The standard InChI is InChI=1S/C11H20N2O3/c1-9(2)13-7-11(6-12-3-4-16-11)8-15-5-10(13)14/h9,12H,3-8H2,1-2H3. The van der Waals surface area contributed by atoms with Crippen molar-refractivity contribution < 1.29 is 14.3 Å². The van der Waals surface area contributed by atoms with Crippen LogP contribution in [0.2, 0.25) is 0 Å². The normalized spacial score (nSPS) is 32.2. The Morgan fingerprint density at radius 1 is 1.50 bits per heavy atom. The second-order valence-electron chi connectivity index (χ2n) is 4.82. The zero-order chi connectivity index (χ0) is 11.6. The molecule has 2 saturated heterocycles. The quantitative estimate of drug-likeness (QED) is 0.664. The number of amides is 1. The molecule has 1 spiro atoms. The molecule has 0 aliphatic carbocycles. The Kier molecular flexibility index (Phi) is 3.47. The van der Waals surface area contributed by atoms with Crippen molar-refractivity contribution in [2.45, 2.75) is 25.5 Å². The van der Waals surface area contributed by atoms with Gasteiger partial charge in [0.15, 0.2) is 0 Å². The van der Waals surface area contributed by atoms with Crippen molar-refractivity contribution >= 4 is 5.91 Å². The predicted octanol–water partition coefficient (Wildman–Crippen LogP) is -0.388. The zero-order valence-electron chi connectivity index (χ0n) is 9.99. The average Bonchev–Trinajstić information content (AvgIpc) is 2.41. The summed E-state index contributed by atoms with van der Waals surface area (Å²) in [6, 6.07) is 0.191. The largest absolute Gasteiger partial charge is 0.369 e. The molecule has 16 heavy (non-hydrogen) atoms. The van der Waals surface area contributed by atoms with E-state index in [-0.39, 0.29) is 24.2 Å². The number of ether oxygens (including phenoxy) is 2. The molecule has 2 rings (SSSR count). The molecule has 5 nitrogen and oxygen atoms in total. The Balaban J connectivity index is 2.12. The number of hydrogen-bond donors (Lipinski definition) is 1. The Labute approximate surface area is 96.1 Å². The third-order valence-electron chi connectivity index (χ3n) is 3.13. The Morgan fingerprint density at radius 2 is 2.31 bits per heavy atom. The average molecular weight is 228 g/mol. The number of nitrogens with zero attached hydrogens (tertiary/aromatic N) is 1. The van der Waals surface area contributed by atoms with E-state index in [4.69, 9.17) is 9.47 Å². The predicted molar refractivity (Wildman–Crippen MR) is 59.2 cm³/mol. The van der Waals surface area contributed by atoms with E-state index in [1.807, 2.05) is 18.7 Å². The van der Waals surface area contributed by atoms with Crippen LogP contribution in [-0.4, -0.2) is 61.9 Å². The number of nitrogens with one attached hydrogen (secondary N) is 1. The SMILES string of the molecule is CC(C)N1CC2(CNCCO2)COCC1=O. The van der Waals surface area contributed by atoms with E-state index >= 15 is 0 Å². The first-order valence-corrected chi connectivity index (χ1v) is 5.85. The van der Waals surface area contributed by atoms with Gasteiger partial charge in [-0.15, -0.1) is 0 Å². The van der Waals surface area contributed by atoms with Gasteiger partial charge in [0.05, 0.1) is 19.8 Å². The van der Waals surface area contributed by atoms with Crippen molar-refractivity contribution in [2.24, 2.45) is 0 Å². The van der Waals surface area contributed by atoms with E-state index in [1.54, 1.807) is 0 Å². The molecule has 1 N–H and O–H groups in total. The summed E-state index contributed by atoms with van der Waals surface area (Å²) in [6.07, 6.45) is 0. The third-order valence-corrected chi connectivity index (χ3v) is 3.13. The van der Waals surface area contributed by atoms with Crippen LogP contribution in [0.15, 0.2) is 0 Å². The first kappa shape index (κ1) is 11.8. The molecule has 0 aromatic heterocycles. The monoisotopic (exact) mass is 228 g/mol. The van der Waals surface area contributed by atoms with E-state index in [9.17, 15) is 4.79 Å². The van der Waals surface area contributed by atoms with Crippen LogP contribution >= 0.6 is 0 Å². The van der Waals surface area contributed by atoms with Crippen LogP contribution in [0, 0.1) is 0 Å². The van der Waals surface area contributed by atoms with Crippen molar-refractivity contribution in [3.8, 4) is 0 Å². The second-order valence-corrected chi connectivity index (χ2v) is 4.82. The lowest BCUT2D eigenvalue weighted by atomic mass is 10.0. The lowest BCUT2D eigenvalue weighted by Crippen LogP contribution is -2.58. The smallest absolute Gasteiger partial charge is 0.248 e. The molecule has 5 heteroatoms. The molecule has 2 aliphatic rings. The van der Waals surface area contributed by atoms with Crippen molar-refractivity contribution in [1.29, 1.82) is 0 Å².